The van der Waals surface area contributed by atoms with Gasteiger partial charge in [-0.1, -0.05) is 33.1 Å². The zero-order valence-corrected chi connectivity index (χ0v) is 11.1. The van der Waals surface area contributed by atoms with Gasteiger partial charge in [0, 0.05) is 12.5 Å². The molecule has 3 heteroatoms. The lowest BCUT2D eigenvalue weighted by molar-refractivity contribution is -0.118. The molecule has 0 aromatic rings. The van der Waals surface area contributed by atoms with E-state index >= 15 is 0 Å². The summed E-state index contributed by atoms with van der Waals surface area (Å²) in [5, 5.41) is 3.41. The highest BCUT2D eigenvalue weighted by molar-refractivity contribution is 5.74. The fourth-order valence-corrected chi connectivity index (χ4v) is 1.99. The highest BCUT2D eigenvalue weighted by Gasteiger charge is 2.10. The molecule has 1 amide bonds. The van der Waals surface area contributed by atoms with Crippen LogP contribution in [0.2, 0.25) is 0 Å². The minimum atomic E-state index is -0.222. The maximum absolute atomic E-state index is 10.7. The van der Waals surface area contributed by atoms with Crippen LogP contribution in [0.5, 0.6) is 0 Å². The van der Waals surface area contributed by atoms with Crippen molar-refractivity contribution in [2.75, 3.05) is 6.54 Å². The van der Waals surface area contributed by atoms with Crippen LogP contribution < -0.4 is 11.1 Å². The monoisotopic (exact) mass is 228 g/mol. The van der Waals surface area contributed by atoms with Crippen molar-refractivity contribution in [3.63, 3.8) is 0 Å². The quantitative estimate of drug-likeness (QED) is 0.603. The van der Waals surface area contributed by atoms with Gasteiger partial charge in [0.05, 0.1) is 0 Å². The number of nitrogens with two attached hydrogens (primary N) is 1. The van der Waals surface area contributed by atoms with E-state index in [0.717, 1.165) is 12.5 Å². The Labute approximate surface area is 100 Å². The number of nitrogens with one attached hydrogen (secondary N) is 1. The lowest BCUT2D eigenvalue weighted by atomic mass is 9.96. The molecule has 0 saturated carbocycles. The molecule has 0 aromatic carbocycles. The summed E-state index contributed by atoms with van der Waals surface area (Å²) in [6, 6.07) is 0.207. The number of hydrogen-bond donors (Lipinski definition) is 2. The topological polar surface area (TPSA) is 55.1 Å². The maximum atomic E-state index is 10.7. The summed E-state index contributed by atoms with van der Waals surface area (Å²) in [5.74, 6) is 0.529. The van der Waals surface area contributed by atoms with Crippen molar-refractivity contribution in [1.82, 2.24) is 5.32 Å². The highest BCUT2D eigenvalue weighted by atomic mass is 16.1. The minimum Gasteiger partial charge on any atom is -0.370 e. The molecule has 0 fully saturated rings. The van der Waals surface area contributed by atoms with Crippen molar-refractivity contribution in [2.45, 2.75) is 65.3 Å². The Bertz CT molecular complexity index is 183. The molecular formula is C13H28N2O. The smallest absolute Gasteiger partial charge is 0.218 e. The van der Waals surface area contributed by atoms with Crippen LogP contribution in [-0.4, -0.2) is 18.5 Å². The van der Waals surface area contributed by atoms with Gasteiger partial charge in [-0.2, -0.15) is 0 Å². The second-order valence-corrected chi connectivity index (χ2v) is 4.78. The number of hydrogen-bond acceptors (Lipinski definition) is 2. The minimum absolute atomic E-state index is 0.207. The summed E-state index contributed by atoms with van der Waals surface area (Å²) in [4.78, 5) is 10.7. The Kier molecular flexibility index (Phi) is 9.30. The molecule has 3 nitrogen and oxygen atoms in total. The molecule has 0 spiro atoms. The van der Waals surface area contributed by atoms with E-state index in [1.54, 1.807) is 0 Å². The van der Waals surface area contributed by atoms with Gasteiger partial charge in [0.25, 0.3) is 0 Å². The molecule has 2 unspecified atom stereocenters. The third kappa shape index (κ3) is 8.72. The molecule has 0 aliphatic carbocycles. The van der Waals surface area contributed by atoms with Gasteiger partial charge in [0.1, 0.15) is 0 Å². The third-order valence-corrected chi connectivity index (χ3v) is 2.93. The number of rotatable bonds is 10. The molecule has 0 saturated heterocycles. The fraction of sp³-hybridized carbons (Fsp3) is 0.923. The molecule has 16 heavy (non-hydrogen) atoms. The van der Waals surface area contributed by atoms with Crippen LogP contribution in [0.3, 0.4) is 0 Å². The van der Waals surface area contributed by atoms with E-state index in [4.69, 9.17) is 5.73 Å². The van der Waals surface area contributed by atoms with Crippen LogP contribution in [0.25, 0.3) is 0 Å². The van der Waals surface area contributed by atoms with Crippen LogP contribution >= 0.6 is 0 Å². The molecule has 0 aromatic heterocycles. The largest absolute Gasteiger partial charge is 0.370 e. The molecule has 96 valence electrons. The average Bonchev–Trinajstić information content (AvgIpc) is 2.21. The van der Waals surface area contributed by atoms with E-state index in [1.807, 2.05) is 6.92 Å². The van der Waals surface area contributed by atoms with Crippen molar-refractivity contribution >= 4 is 5.91 Å². The van der Waals surface area contributed by atoms with Gasteiger partial charge in [0.2, 0.25) is 5.91 Å². The van der Waals surface area contributed by atoms with Gasteiger partial charge in [-0.25, -0.2) is 0 Å². The summed E-state index contributed by atoms with van der Waals surface area (Å²) in [6.07, 6.45) is 6.80. The van der Waals surface area contributed by atoms with Gasteiger partial charge >= 0.3 is 0 Å². The number of primary amides is 1. The standard InChI is InChI=1S/C13H28N2O/c1-4-6-8-12(7-5-2)10-15-11(3)9-13(14)16/h11-12,15H,4-10H2,1-3H3,(H2,14,16). The number of unbranched alkanes of at least 4 members (excludes halogenated alkanes) is 1. The van der Waals surface area contributed by atoms with Crippen LogP contribution in [0, 0.1) is 5.92 Å². The van der Waals surface area contributed by atoms with Crippen molar-refractivity contribution in [1.29, 1.82) is 0 Å². The summed E-state index contributed by atoms with van der Waals surface area (Å²) < 4.78 is 0. The van der Waals surface area contributed by atoms with Crippen molar-refractivity contribution in [2.24, 2.45) is 11.7 Å². The van der Waals surface area contributed by atoms with Crippen LogP contribution in [0.4, 0.5) is 0 Å². The Balaban J connectivity index is 3.76. The van der Waals surface area contributed by atoms with Gasteiger partial charge in [-0.05, 0) is 32.2 Å². The fourth-order valence-electron chi connectivity index (χ4n) is 1.99. The summed E-state index contributed by atoms with van der Waals surface area (Å²) in [7, 11) is 0. The lowest BCUT2D eigenvalue weighted by Gasteiger charge is -2.19. The van der Waals surface area contributed by atoms with Gasteiger partial charge in [-0.15, -0.1) is 0 Å². The molecule has 0 aliphatic rings. The molecule has 0 aliphatic heterocycles. The molecule has 2 atom stereocenters. The van der Waals surface area contributed by atoms with E-state index in [1.165, 1.54) is 32.1 Å². The first-order chi connectivity index (χ1) is 7.60. The van der Waals surface area contributed by atoms with Crippen LogP contribution in [0.15, 0.2) is 0 Å². The number of carbonyl (C=O) groups is 1. The second kappa shape index (κ2) is 9.64. The van der Waals surface area contributed by atoms with E-state index in [2.05, 4.69) is 19.2 Å². The molecule has 0 bridgehead atoms. The van der Waals surface area contributed by atoms with E-state index in [-0.39, 0.29) is 11.9 Å². The molecular weight excluding hydrogens is 200 g/mol. The molecule has 0 rings (SSSR count). The lowest BCUT2D eigenvalue weighted by Crippen LogP contribution is -2.34. The van der Waals surface area contributed by atoms with E-state index in [9.17, 15) is 4.79 Å². The second-order valence-electron chi connectivity index (χ2n) is 4.78. The summed E-state index contributed by atoms with van der Waals surface area (Å²) in [6.45, 7) is 7.49. The average molecular weight is 228 g/mol. The Hall–Kier alpha value is -0.570. The first-order valence-corrected chi connectivity index (χ1v) is 6.61. The Morgan fingerprint density at radius 1 is 1.25 bits per heavy atom. The summed E-state index contributed by atoms with van der Waals surface area (Å²) >= 11 is 0. The normalized spacial score (nSPS) is 14.7. The van der Waals surface area contributed by atoms with Crippen molar-refractivity contribution in [3.05, 3.63) is 0 Å². The zero-order chi connectivity index (χ0) is 12.4. The Morgan fingerprint density at radius 3 is 2.44 bits per heavy atom. The predicted octanol–water partition coefficient (Wildman–Crippen LogP) is 2.45. The number of carbonyl (C=O) groups excluding carboxylic acids is 1. The van der Waals surface area contributed by atoms with E-state index in [0.29, 0.717) is 6.42 Å². The Morgan fingerprint density at radius 2 is 1.94 bits per heavy atom. The zero-order valence-electron chi connectivity index (χ0n) is 11.1. The summed E-state index contributed by atoms with van der Waals surface area (Å²) in [5.41, 5.74) is 5.16. The van der Waals surface area contributed by atoms with Gasteiger partial charge in [-0.3, -0.25) is 4.79 Å². The predicted molar refractivity (Wildman–Crippen MR) is 69.2 cm³/mol. The first kappa shape index (κ1) is 15.4. The van der Waals surface area contributed by atoms with Crippen LogP contribution in [-0.2, 0) is 4.79 Å². The third-order valence-electron chi connectivity index (χ3n) is 2.93. The molecule has 0 radical (unpaired) electrons. The van der Waals surface area contributed by atoms with Gasteiger partial charge in [0.15, 0.2) is 0 Å². The SMILES string of the molecule is CCCCC(CCC)CNC(C)CC(N)=O. The van der Waals surface area contributed by atoms with Crippen molar-refractivity contribution in [3.8, 4) is 0 Å². The number of amides is 1. The van der Waals surface area contributed by atoms with Crippen molar-refractivity contribution < 1.29 is 4.79 Å². The molecule has 3 N–H and O–H groups in total. The highest BCUT2D eigenvalue weighted by Crippen LogP contribution is 2.14. The van der Waals surface area contributed by atoms with E-state index < -0.39 is 0 Å². The van der Waals surface area contributed by atoms with Gasteiger partial charge < -0.3 is 11.1 Å². The molecule has 0 heterocycles. The van der Waals surface area contributed by atoms with Crippen LogP contribution in [0.1, 0.15) is 59.3 Å². The first-order valence-electron chi connectivity index (χ1n) is 6.61. The maximum Gasteiger partial charge on any atom is 0.218 e.